The van der Waals surface area contributed by atoms with E-state index in [1.54, 1.807) is 0 Å². The summed E-state index contributed by atoms with van der Waals surface area (Å²) in [5.74, 6) is -8.95. The maximum Gasteiger partial charge on any atom is 0.432 e. The van der Waals surface area contributed by atoms with Gasteiger partial charge in [0.25, 0.3) is 0 Å². The van der Waals surface area contributed by atoms with Gasteiger partial charge in [-0.15, -0.1) is 0 Å². The lowest BCUT2D eigenvalue weighted by atomic mass is 9.77. The normalized spacial score (nSPS) is 19.1. The van der Waals surface area contributed by atoms with E-state index in [9.17, 15) is 35.1 Å². The standard InChI is InChI=1S/C23H22F8O2/c1-2-3-12-4-6-13(7-5-12)14-8-16(24)20(17(25)9-14)23(30,31)33-15-10-18(26)21(19(27)11-15)32-22(28)29/h8-13,22H,2-7H2,1H3/t12-,13-. The maximum absolute atomic E-state index is 14.6. The number of halogens is 8. The van der Waals surface area contributed by atoms with Crippen LogP contribution in [0, 0.1) is 29.2 Å². The summed E-state index contributed by atoms with van der Waals surface area (Å²) in [5, 5.41) is 0. The lowest BCUT2D eigenvalue weighted by Crippen LogP contribution is -2.26. The predicted molar refractivity (Wildman–Crippen MR) is 103 cm³/mol. The van der Waals surface area contributed by atoms with E-state index in [4.69, 9.17) is 0 Å². The molecule has 0 saturated heterocycles. The van der Waals surface area contributed by atoms with Crippen LogP contribution in [0.2, 0.25) is 0 Å². The van der Waals surface area contributed by atoms with Crippen LogP contribution in [-0.2, 0) is 6.11 Å². The molecule has 1 fully saturated rings. The summed E-state index contributed by atoms with van der Waals surface area (Å²) in [6.45, 7) is -1.49. The Morgan fingerprint density at radius 2 is 1.42 bits per heavy atom. The largest absolute Gasteiger partial charge is 0.432 e. The second kappa shape index (κ2) is 10.2. The topological polar surface area (TPSA) is 18.5 Å². The number of hydrogen-bond acceptors (Lipinski definition) is 2. The first-order chi connectivity index (χ1) is 15.5. The van der Waals surface area contributed by atoms with Gasteiger partial charge in [0.1, 0.15) is 22.9 Å². The lowest BCUT2D eigenvalue weighted by Gasteiger charge is -2.29. The van der Waals surface area contributed by atoms with E-state index in [1.165, 1.54) is 0 Å². The summed E-state index contributed by atoms with van der Waals surface area (Å²) >= 11 is 0. The molecule has 0 heterocycles. The Balaban J connectivity index is 1.81. The zero-order valence-electron chi connectivity index (χ0n) is 17.6. The molecule has 1 saturated carbocycles. The fourth-order valence-electron chi connectivity index (χ4n) is 4.30. The predicted octanol–water partition coefficient (Wildman–Crippen LogP) is 8.05. The molecule has 2 aromatic carbocycles. The third-order valence-corrected chi connectivity index (χ3v) is 5.80. The van der Waals surface area contributed by atoms with Crippen LogP contribution in [0.4, 0.5) is 35.1 Å². The maximum atomic E-state index is 14.6. The molecule has 3 rings (SSSR count). The van der Waals surface area contributed by atoms with Gasteiger partial charge >= 0.3 is 12.7 Å². The van der Waals surface area contributed by atoms with Crippen molar-refractivity contribution in [3.63, 3.8) is 0 Å². The van der Waals surface area contributed by atoms with Crippen LogP contribution in [0.5, 0.6) is 11.5 Å². The van der Waals surface area contributed by atoms with E-state index >= 15 is 0 Å². The first kappa shape index (κ1) is 25.1. The van der Waals surface area contributed by atoms with Gasteiger partial charge in [-0.25, -0.2) is 17.6 Å². The highest BCUT2D eigenvalue weighted by Gasteiger charge is 2.42. The average Bonchev–Trinajstić information content (AvgIpc) is 2.70. The van der Waals surface area contributed by atoms with Crippen molar-refractivity contribution in [3.8, 4) is 11.5 Å². The van der Waals surface area contributed by atoms with Gasteiger partial charge in [-0.1, -0.05) is 19.8 Å². The summed E-state index contributed by atoms with van der Waals surface area (Å²) in [4.78, 5) is 0. The summed E-state index contributed by atoms with van der Waals surface area (Å²) in [7, 11) is 0. The molecule has 0 amide bonds. The summed E-state index contributed by atoms with van der Waals surface area (Å²) in [5.41, 5.74) is -1.47. The van der Waals surface area contributed by atoms with Crippen molar-refractivity contribution >= 4 is 0 Å². The highest BCUT2D eigenvalue weighted by molar-refractivity contribution is 5.36. The van der Waals surface area contributed by atoms with Crippen LogP contribution in [0.3, 0.4) is 0 Å². The number of ether oxygens (including phenoxy) is 2. The molecule has 0 bridgehead atoms. The van der Waals surface area contributed by atoms with Crippen molar-refractivity contribution in [1.82, 2.24) is 0 Å². The fourth-order valence-corrected chi connectivity index (χ4v) is 4.30. The third-order valence-electron chi connectivity index (χ3n) is 5.80. The number of benzene rings is 2. The molecule has 0 aromatic heterocycles. The second-order valence-corrected chi connectivity index (χ2v) is 8.08. The first-order valence-electron chi connectivity index (χ1n) is 10.5. The molecule has 1 aliphatic rings. The third kappa shape index (κ3) is 5.89. The molecule has 33 heavy (non-hydrogen) atoms. The quantitative estimate of drug-likeness (QED) is 0.355. The summed E-state index contributed by atoms with van der Waals surface area (Å²) in [6.07, 6.45) is 0.584. The first-order valence-corrected chi connectivity index (χ1v) is 10.5. The average molecular weight is 482 g/mol. The van der Waals surface area contributed by atoms with Crippen molar-refractivity contribution < 1.29 is 44.6 Å². The van der Waals surface area contributed by atoms with Gasteiger partial charge in [0.15, 0.2) is 17.4 Å². The summed E-state index contributed by atoms with van der Waals surface area (Å²) in [6, 6.07) is 1.93. The van der Waals surface area contributed by atoms with Gasteiger partial charge in [0, 0.05) is 12.1 Å². The van der Waals surface area contributed by atoms with Crippen molar-refractivity contribution in [2.75, 3.05) is 0 Å². The Hall–Kier alpha value is -2.52. The summed E-state index contributed by atoms with van der Waals surface area (Å²) < 4.78 is 118. The molecule has 10 heteroatoms. The number of hydrogen-bond donors (Lipinski definition) is 0. The van der Waals surface area contributed by atoms with Gasteiger partial charge in [-0.05, 0) is 55.2 Å². The van der Waals surface area contributed by atoms with Crippen LogP contribution in [0.25, 0.3) is 0 Å². The number of rotatable bonds is 8. The van der Waals surface area contributed by atoms with Crippen molar-refractivity contribution in [1.29, 1.82) is 0 Å². The molecule has 0 radical (unpaired) electrons. The highest BCUT2D eigenvalue weighted by atomic mass is 19.3. The van der Waals surface area contributed by atoms with E-state index in [2.05, 4.69) is 16.4 Å². The van der Waals surface area contributed by atoms with E-state index in [-0.39, 0.29) is 23.6 Å². The Morgan fingerprint density at radius 3 is 1.91 bits per heavy atom. The van der Waals surface area contributed by atoms with E-state index in [0.717, 1.165) is 37.8 Å². The Bertz CT molecular complexity index is 925. The van der Waals surface area contributed by atoms with Crippen LogP contribution in [-0.4, -0.2) is 6.61 Å². The lowest BCUT2D eigenvalue weighted by molar-refractivity contribution is -0.189. The van der Waals surface area contributed by atoms with Crippen molar-refractivity contribution in [2.45, 2.75) is 64.1 Å². The zero-order valence-corrected chi connectivity index (χ0v) is 17.6. The Morgan fingerprint density at radius 1 is 0.879 bits per heavy atom. The van der Waals surface area contributed by atoms with Crippen molar-refractivity contribution in [2.24, 2.45) is 5.92 Å². The van der Waals surface area contributed by atoms with Gasteiger partial charge < -0.3 is 9.47 Å². The molecule has 0 N–H and O–H groups in total. The molecule has 2 nitrogen and oxygen atoms in total. The van der Waals surface area contributed by atoms with Gasteiger partial charge in [0.05, 0.1) is 0 Å². The highest BCUT2D eigenvalue weighted by Crippen LogP contribution is 2.41. The Kier molecular flexibility index (Phi) is 7.74. The zero-order chi connectivity index (χ0) is 24.3. The van der Waals surface area contributed by atoms with Gasteiger partial charge in [-0.3, -0.25) is 0 Å². The fraction of sp³-hybridized carbons (Fsp3) is 0.478. The van der Waals surface area contributed by atoms with Crippen molar-refractivity contribution in [3.05, 3.63) is 58.7 Å². The minimum atomic E-state index is -4.64. The molecule has 0 spiro atoms. The van der Waals surface area contributed by atoms with E-state index in [1.807, 2.05) is 0 Å². The van der Waals surface area contributed by atoms with Crippen LogP contribution in [0.1, 0.15) is 62.5 Å². The molecular formula is C23H22F8O2. The molecule has 2 aromatic rings. The smallest absolute Gasteiger partial charge is 0.429 e. The SMILES string of the molecule is CCC[C@H]1CC[C@H](c2cc(F)c(C(F)(F)Oc3cc(F)c(OC(F)F)c(F)c3)c(F)c2)CC1. The van der Waals surface area contributed by atoms with Gasteiger partial charge in [-0.2, -0.15) is 17.6 Å². The molecule has 1 aliphatic carbocycles. The van der Waals surface area contributed by atoms with Crippen LogP contribution >= 0.6 is 0 Å². The second-order valence-electron chi connectivity index (χ2n) is 8.08. The van der Waals surface area contributed by atoms with E-state index < -0.39 is 53.1 Å². The van der Waals surface area contributed by atoms with Crippen LogP contribution < -0.4 is 9.47 Å². The molecule has 182 valence electrons. The molecule has 0 aliphatic heterocycles. The minimum absolute atomic E-state index is 0.146. The van der Waals surface area contributed by atoms with Crippen LogP contribution in [0.15, 0.2) is 24.3 Å². The monoisotopic (exact) mass is 482 g/mol. The molecule has 0 atom stereocenters. The van der Waals surface area contributed by atoms with E-state index in [0.29, 0.717) is 18.8 Å². The minimum Gasteiger partial charge on any atom is -0.429 e. The Labute approximate surface area is 185 Å². The molecular weight excluding hydrogens is 460 g/mol. The number of alkyl halides is 4. The molecule has 0 unspecified atom stereocenters. The van der Waals surface area contributed by atoms with Gasteiger partial charge in [0.2, 0.25) is 0 Å².